The summed E-state index contributed by atoms with van der Waals surface area (Å²) in [6.07, 6.45) is 0.763. The quantitative estimate of drug-likeness (QED) is 0.769. The molecule has 1 rings (SSSR count). The second-order valence-electron chi connectivity index (χ2n) is 4.94. The zero-order valence-corrected chi connectivity index (χ0v) is 12.0. The average molecular weight is 255 g/mol. The summed E-state index contributed by atoms with van der Waals surface area (Å²) >= 11 is 0. The fourth-order valence-corrected chi connectivity index (χ4v) is 2.18. The van der Waals surface area contributed by atoms with Gasteiger partial charge in [-0.05, 0) is 19.3 Å². The van der Waals surface area contributed by atoms with Crippen LogP contribution in [0.4, 0.5) is 0 Å². The predicted octanol–water partition coefficient (Wildman–Crippen LogP) is 1.23. The third kappa shape index (κ3) is 3.46. The lowest BCUT2D eigenvalue weighted by Gasteiger charge is -2.21. The zero-order chi connectivity index (χ0) is 13.7. The number of nitrogens with one attached hydrogen (secondary N) is 1. The van der Waals surface area contributed by atoms with Crippen molar-refractivity contribution in [1.82, 2.24) is 15.1 Å². The third-order valence-corrected chi connectivity index (χ3v) is 3.27. The van der Waals surface area contributed by atoms with Crippen molar-refractivity contribution in [3.05, 3.63) is 11.3 Å². The van der Waals surface area contributed by atoms with Crippen LogP contribution in [0.25, 0.3) is 0 Å². The molecular weight excluding hydrogens is 230 g/mol. The van der Waals surface area contributed by atoms with E-state index in [0.29, 0.717) is 18.5 Å². The Kier molecular flexibility index (Phi) is 5.62. The van der Waals surface area contributed by atoms with Crippen LogP contribution in [0.2, 0.25) is 0 Å². The molecule has 0 aromatic carbocycles. The average Bonchev–Trinajstić information content (AvgIpc) is 2.58. The molecule has 1 aromatic heterocycles. The first-order valence-corrected chi connectivity index (χ1v) is 6.42. The van der Waals surface area contributed by atoms with Gasteiger partial charge in [0.15, 0.2) is 0 Å². The SMILES string of the molecule is COc1c(CNC(CCO)C(C)C)c(C)nn1C. The van der Waals surface area contributed by atoms with Crippen molar-refractivity contribution in [2.75, 3.05) is 13.7 Å². The summed E-state index contributed by atoms with van der Waals surface area (Å²) in [6, 6.07) is 0.305. The Labute approximate surface area is 109 Å². The molecule has 1 aromatic rings. The maximum Gasteiger partial charge on any atom is 0.216 e. The molecule has 0 aliphatic heterocycles. The van der Waals surface area contributed by atoms with Crippen molar-refractivity contribution in [2.24, 2.45) is 13.0 Å². The number of methoxy groups -OCH3 is 1. The molecule has 5 heteroatoms. The monoisotopic (exact) mass is 255 g/mol. The molecule has 0 bridgehead atoms. The van der Waals surface area contributed by atoms with Crippen LogP contribution in [0.1, 0.15) is 31.5 Å². The van der Waals surface area contributed by atoms with E-state index in [1.165, 1.54) is 0 Å². The minimum Gasteiger partial charge on any atom is -0.481 e. The smallest absolute Gasteiger partial charge is 0.216 e. The molecule has 104 valence electrons. The molecule has 1 atom stereocenters. The number of nitrogens with zero attached hydrogens (tertiary/aromatic N) is 2. The van der Waals surface area contributed by atoms with E-state index >= 15 is 0 Å². The highest BCUT2D eigenvalue weighted by molar-refractivity contribution is 5.30. The number of aliphatic hydroxyl groups excluding tert-OH is 1. The van der Waals surface area contributed by atoms with Gasteiger partial charge in [0.2, 0.25) is 5.88 Å². The number of hydrogen-bond acceptors (Lipinski definition) is 4. The minimum absolute atomic E-state index is 0.207. The molecule has 18 heavy (non-hydrogen) atoms. The number of aryl methyl sites for hydroxylation is 2. The van der Waals surface area contributed by atoms with Gasteiger partial charge in [-0.25, -0.2) is 4.68 Å². The van der Waals surface area contributed by atoms with Crippen molar-refractivity contribution in [3.8, 4) is 5.88 Å². The lowest BCUT2D eigenvalue weighted by Crippen LogP contribution is -2.34. The van der Waals surface area contributed by atoms with Crippen LogP contribution in [0.5, 0.6) is 5.88 Å². The molecule has 0 spiro atoms. The maximum atomic E-state index is 9.06. The molecule has 0 saturated heterocycles. The Bertz CT molecular complexity index is 375. The van der Waals surface area contributed by atoms with Crippen LogP contribution in [0.15, 0.2) is 0 Å². The Hall–Kier alpha value is -1.07. The van der Waals surface area contributed by atoms with Gasteiger partial charge < -0.3 is 15.2 Å². The summed E-state index contributed by atoms with van der Waals surface area (Å²) in [6.45, 7) is 7.21. The van der Waals surface area contributed by atoms with Crippen LogP contribution in [0.3, 0.4) is 0 Å². The molecule has 0 saturated carbocycles. The molecule has 0 amide bonds. The second-order valence-corrected chi connectivity index (χ2v) is 4.94. The first kappa shape index (κ1) is 15.0. The minimum atomic E-state index is 0.207. The van der Waals surface area contributed by atoms with Gasteiger partial charge in [-0.15, -0.1) is 0 Å². The largest absolute Gasteiger partial charge is 0.481 e. The van der Waals surface area contributed by atoms with Crippen molar-refractivity contribution in [3.63, 3.8) is 0 Å². The van der Waals surface area contributed by atoms with Gasteiger partial charge in [-0.3, -0.25) is 0 Å². The van der Waals surface area contributed by atoms with Gasteiger partial charge in [0.1, 0.15) is 0 Å². The molecule has 0 fully saturated rings. The number of hydrogen-bond donors (Lipinski definition) is 2. The van der Waals surface area contributed by atoms with E-state index in [0.717, 1.165) is 23.6 Å². The van der Waals surface area contributed by atoms with Gasteiger partial charge in [0, 0.05) is 26.2 Å². The molecule has 1 unspecified atom stereocenters. The standard InChI is InChI=1S/C13H25N3O2/c1-9(2)12(6-7-17)14-8-11-10(3)15-16(4)13(11)18-5/h9,12,14,17H,6-8H2,1-5H3. The van der Waals surface area contributed by atoms with E-state index in [2.05, 4.69) is 24.3 Å². The maximum absolute atomic E-state index is 9.06. The number of ether oxygens (including phenoxy) is 1. The summed E-state index contributed by atoms with van der Waals surface area (Å²) in [5, 5.41) is 16.9. The molecule has 0 aliphatic carbocycles. The van der Waals surface area contributed by atoms with E-state index in [1.807, 2.05) is 14.0 Å². The normalized spacial score (nSPS) is 13.1. The van der Waals surface area contributed by atoms with Crippen LogP contribution in [-0.4, -0.2) is 34.6 Å². The van der Waals surface area contributed by atoms with Crippen LogP contribution in [0, 0.1) is 12.8 Å². The molecule has 2 N–H and O–H groups in total. The highest BCUT2D eigenvalue weighted by Gasteiger charge is 2.17. The first-order valence-electron chi connectivity index (χ1n) is 6.42. The molecule has 5 nitrogen and oxygen atoms in total. The van der Waals surface area contributed by atoms with Gasteiger partial charge in [0.25, 0.3) is 0 Å². The molecule has 0 aliphatic rings. The number of aliphatic hydroxyl groups is 1. The lowest BCUT2D eigenvalue weighted by atomic mass is 10.0. The van der Waals surface area contributed by atoms with E-state index in [1.54, 1.807) is 11.8 Å². The third-order valence-electron chi connectivity index (χ3n) is 3.27. The van der Waals surface area contributed by atoms with Gasteiger partial charge in [-0.1, -0.05) is 13.8 Å². The van der Waals surface area contributed by atoms with E-state index < -0.39 is 0 Å². The van der Waals surface area contributed by atoms with Gasteiger partial charge in [0.05, 0.1) is 18.4 Å². The fraction of sp³-hybridized carbons (Fsp3) is 0.769. The Morgan fingerprint density at radius 3 is 2.61 bits per heavy atom. The van der Waals surface area contributed by atoms with Crippen LogP contribution >= 0.6 is 0 Å². The van der Waals surface area contributed by atoms with Crippen molar-refractivity contribution >= 4 is 0 Å². The Morgan fingerprint density at radius 2 is 2.11 bits per heavy atom. The highest BCUT2D eigenvalue weighted by Crippen LogP contribution is 2.21. The fourth-order valence-electron chi connectivity index (χ4n) is 2.18. The topological polar surface area (TPSA) is 59.3 Å². The van der Waals surface area contributed by atoms with Gasteiger partial charge in [-0.2, -0.15) is 5.10 Å². The highest BCUT2D eigenvalue weighted by atomic mass is 16.5. The second kappa shape index (κ2) is 6.75. The van der Waals surface area contributed by atoms with Crippen LogP contribution < -0.4 is 10.1 Å². The summed E-state index contributed by atoms with van der Waals surface area (Å²) in [4.78, 5) is 0. The molecule has 1 heterocycles. The summed E-state index contributed by atoms with van der Waals surface area (Å²) in [5.41, 5.74) is 2.07. The molecule has 0 radical (unpaired) electrons. The van der Waals surface area contributed by atoms with E-state index in [9.17, 15) is 0 Å². The predicted molar refractivity (Wildman–Crippen MR) is 71.7 cm³/mol. The summed E-state index contributed by atoms with van der Waals surface area (Å²) in [7, 11) is 3.54. The first-order chi connectivity index (χ1) is 8.51. The number of aromatic nitrogens is 2. The number of rotatable bonds is 7. The van der Waals surface area contributed by atoms with Gasteiger partial charge >= 0.3 is 0 Å². The lowest BCUT2D eigenvalue weighted by molar-refractivity contribution is 0.243. The van der Waals surface area contributed by atoms with Crippen molar-refractivity contribution in [1.29, 1.82) is 0 Å². The summed E-state index contributed by atoms with van der Waals surface area (Å²) in [5.74, 6) is 1.28. The van der Waals surface area contributed by atoms with E-state index in [-0.39, 0.29) is 6.61 Å². The zero-order valence-electron chi connectivity index (χ0n) is 12.0. The summed E-state index contributed by atoms with van der Waals surface area (Å²) < 4.78 is 7.11. The molecular formula is C13H25N3O2. The Balaban J connectivity index is 2.72. The van der Waals surface area contributed by atoms with Crippen molar-refractivity contribution in [2.45, 2.75) is 39.8 Å². The Morgan fingerprint density at radius 1 is 1.44 bits per heavy atom. The van der Waals surface area contributed by atoms with E-state index in [4.69, 9.17) is 9.84 Å². The van der Waals surface area contributed by atoms with Crippen molar-refractivity contribution < 1.29 is 9.84 Å². The van der Waals surface area contributed by atoms with Crippen LogP contribution in [-0.2, 0) is 13.6 Å².